The number of thiophene rings is 2. The van der Waals surface area contributed by atoms with Gasteiger partial charge in [0.05, 0.1) is 0 Å². The zero-order chi connectivity index (χ0) is 52.8. The predicted molar refractivity (Wildman–Crippen MR) is 360 cm³/mol. The monoisotopic (exact) mass is 994 g/mol. The lowest BCUT2D eigenvalue weighted by Gasteiger charge is -2.34. The Bertz CT molecular complexity index is 4540. The van der Waals surface area contributed by atoms with Crippen molar-refractivity contribution < 1.29 is 0 Å². The molecule has 0 bridgehead atoms. The van der Waals surface area contributed by atoms with Gasteiger partial charge in [0.15, 0.2) is 0 Å². The summed E-state index contributed by atoms with van der Waals surface area (Å²) in [5.41, 5.74) is 16.0. The minimum atomic E-state index is -0.760. The van der Waals surface area contributed by atoms with E-state index in [0.29, 0.717) is 0 Å². The van der Waals surface area contributed by atoms with Crippen LogP contribution in [0.4, 0.5) is 0 Å². The van der Waals surface area contributed by atoms with Gasteiger partial charge in [0, 0.05) is 152 Å². The summed E-state index contributed by atoms with van der Waals surface area (Å²) >= 11 is 3.85. The molecule has 0 nitrogen and oxygen atoms in total. The van der Waals surface area contributed by atoms with Crippen molar-refractivity contribution in [2.24, 2.45) is 0 Å². The summed E-state index contributed by atoms with van der Waals surface area (Å²) in [7, 11) is 44.1. The van der Waals surface area contributed by atoms with Gasteiger partial charge in [0.2, 0.25) is 0 Å². The Labute approximate surface area is 474 Å². The molecule has 16 rings (SSSR count). The first-order valence-corrected chi connectivity index (χ1v) is 28.1. The summed E-state index contributed by atoms with van der Waals surface area (Å²) in [5.74, 6) is 0. The predicted octanol–water partition coefficient (Wildman–Crippen LogP) is 13.5. The summed E-state index contributed by atoms with van der Waals surface area (Å²) in [5, 5.41) is 18.4. The van der Waals surface area contributed by atoms with Crippen molar-refractivity contribution in [2.45, 2.75) is 0 Å². The maximum absolute atomic E-state index is 5.51. The molecule has 0 N–H and O–H groups in total. The molecule has 14 aromatic rings. The number of hydrogen-bond acceptors (Lipinski definition) is 2. The molecule has 2 aromatic heterocycles. The van der Waals surface area contributed by atoms with Gasteiger partial charge in [-0.25, -0.2) is 0 Å². The van der Waals surface area contributed by atoms with Crippen molar-refractivity contribution in [3.8, 4) is 66.8 Å². The highest BCUT2D eigenvalue weighted by Crippen LogP contribution is 2.58. The third-order valence-electron chi connectivity index (χ3n) is 16.9. The number of benzene rings is 12. The van der Waals surface area contributed by atoms with Crippen molar-refractivity contribution in [1.82, 2.24) is 0 Å². The summed E-state index contributed by atoms with van der Waals surface area (Å²) in [6.07, 6.45) is -4.08. The van der Waals surface area contributed by atoms with E-state index >= 15 is 0 Å². The number of rotatable bonds is 7. The fourth-order valence-electron chi connectivity index (χ4n) is 13.7. The third-order valence-corrected chi connectivity index (χ3v) is 19.4. The molecule has 0 saturated heterocycles. The molecule has 78 heavy (non-hydrogen) atoms. The highest BCUT2D eigenvalue weighted by molar-refractivity contribution is 8.10. The van der Waals surface area contributed by atoms with Gasteiger partial charge >= 0.3 is 0 Å². The van der Waals surface area contributed by atoms with E-state index in [1.54, 1.807) is 0 Å². The second-order valence-corrected chi connectivity index (χ2v) is 23.3. The normalized spacial score (nSPS) is 12.0. The van der Waals surface area contributed by atoms with Crippen LogP contribution < -0.4 is 0 Å². The Kier molecular flexibility index (Phi) is 11.4. The molecule has 0 fully saturated rings. The Morgan fingerprint density at radius 1 is 0.244 bits per heavy atom. The molecule has 2 heterocycles. The maximum Gasteiger partial charge on any atom is 0.0434 e. The highest BCUT2D eigenvalue weighted by atomic mass is 32.1. The molecule has 0 atom stereocenters. The van der Waals surface area contributed by atoms with E-state index in [2.05, 4.69) is 194 Å². The zero-order valence-electron chi connectivity index (χ0n) is 42.4. The summed E-state index contributed by atoms with van der Waals surface area (Å²) in [6.45, 7) is 0. The Balaban J connectivity index is 0.000000336. The van der Waals surface area contributed by atoms with Gasteiger partial charge in [-0.1, -0.05) is 170 Å². The summed E-state index contributed by atoms with van der Waals surface area (Å²) in [4.78, 5) is 0. The lowest BCUT2D eigenvalue weighted by Crippen LogP contribution is -2.72. The van der Waals surface area contributed by atoms with Crippen LogP contribution in [0.1, 0.15) is 0 Å². The second kappa shape index (κ2) is 18.4. The minimum absolute atomic E-state index is 0.519. The van der Waals surface area contributed by atoms with Crippen molar-refractivity contribution in [3.63, 3.8) is 0 Å². The van der Waals surface area contributed by atoms with Crippen LogP contribution in [0.3, 0.4) is 0 Å². The van der Waals surface area contributed by atoms with Crippen molar-refractivity contribution in [3.05, 3.63) is 194 Å². The van der Waals surface area contributed by atoms with E-state index in [1.165, 1.54) is 161 Å². The molecule has 0 amide bonds. The van der Waals surface area contributed by atoms with Gasteiger partial charge in [-0.05, 0) is 134 Å². The quantitative estimate of drug-likeness (QED) is 0.110. The van der Waals surface area contributed by atoms with Crippen molar-refractivity contribution >= 4 is 217 Å². The third kappa shape index (κ3) is 7.10. The first-order chi connectivity index (χ1) is 38.0. The molecular weight excluding hydrogens is 960 g/mol. The average molecular weight is 992 g/mol. The average Bonchev–Trinajstić information content (AvgIpc) is 4.37. The number of fused-ring (bicyclic) bond motifs is 17. The topological polar surface area (TPSA) is 0 Å². The van der Waals surface area contributed by atoms with Crippen LogP contribution in [0.15, 0.2) is 194 Å². The van der Waals surface area contributed by atoms with E-state index in [9.17, 15) is 0 Å². The molecule has 0 aliphatic heterocycles. The SMILES string of the molecule is [B]B([B])B(B([B])[B])B(B([B])[B])B([B])[B].c1cc2c3c(cccc3c1)-c1c-2cc2c(ccc3c4cc5c(c(-c6cccc7c6sc6ccccc67)c4ccc23)-c2cccc3cccc-5c23)c1-c1cccc2c1sc1ccccc12. The van der Waals surface area contributed by atoms with Crippen molar-refractivity contribution in [1.29, 1.82) is 0 Å². The fraction of sp³-hybridized carbons (Fsp3) is 0. The van der Waals surface area contributed by atoms with Crippen LogP contribution in [0.2, 0.25) is 0 Å². The molecule has 12 aromatic carbocycles. The van der Waals surface area contributed by atoms with Gasteiger partial charge < -0.3 is 0 Å². The van der Waals surface area contributed by atoms with Crippen LogP contribution in [-0.2, 0) is 0 Å². The second-order valence-electron chi connectivity index (χ2n) is 21.2. The maximum atomic E-state index is 5.51. The molecule has 16 radical (unpaired) electrons. The van der Waals surface area contributed by atoms with E-state index < -0.39 is 38.3 Å². The van der Waals surface area contributed by atoms with Crippen LogP contribution in [0, 0.1) is 0 Å². The first kappa shape index (κ1) is 48.4. The Hall–Kier alpha value is -6.71. The van der Waals surface area contributed by atoms with Crippen LogP contribution in [-0.4, -0.2) is 100 Å². The van der Waals surface area contributed by atoms with Crippen LogP contribution in [0.25, 0.3) is 161 Å². The molecule has 16 heteroatoms. The molecule has 0 saturated carbocycles. The van der Waals surface area contributed by atoms with Crippen LogP contribution >= 0.6 is 22.7 Å². The van der Waals surface area contributed by atoms with E-state index in [0.717, 1.165) is 0 Å². The van der Waals surface area contributed by atoms with Gasteiger partial charge in [-0.3, -0.25) is 0 Å². The Morgan fingerprint density at radius 3 is 0.974 bits per heavy atom. The fourth-order valence-corrected chi connectivity index (χ4v) is 16.1. The molecule has 0 spiro atoms. The van der Waals surface area contributed by atoms with E-state index in [1.807, 2.05) is 22.7 Å². The van der Waals surface area contributed by atoms with Gasteiger partial charge in [-0.2, -0.15) is 0 Å². The lowest BCUT2D eigenvalue weighted by molar-refractivity contribution is 1.70. The van der Waals surface area contributed by atoms with Gasteiger partial charge in [-0.15, -0.1) is 22.7 Å². The summed E-state index contributed by atoms with van der Waals surface area (Å²) in [6, 6.07) is 74.1. The largest absolute Gasteiger partial charge is 0.135 e. The molecule has 334 valence electrons. The van der Waals surface area contributed by atoms with E-state index in [-0.39, 0.29) is 0 Å². The van der Waals surface area contributed by atoms with Crippen LogP contribution in [0.5, 0.6) is 0 Å². The molecule has 2 aliphatic rings. The molecule has 2 aliphatic carbocycles. The smallest absolute Gasteiger partial charge is 0.0434 e. The summed E-state index contributed by atoms with van der Waals surface area (Å²) < 4.78 is 5.36. The minimum Gasteiger partial charge on any atom is -0.135 e. The lowest BCUT2D eigenvalue weighted by atomic mass is 8.47. The number of hydrogen-bond donors (Lipinski definition) is 0. The van der Waals surface area contributed by atoms with Gasteiger partial charge in [0.1, 0.15) is 0 Å². The van der Waals surface area contributed by atoms with Crippen molar-refractivity contribution in [2.75, 3.05) is 0 Å². The first-order valence-electron chi connectivity index (χ1n) is 26.5. The highest BCUT2D eigenvalue weighted by Gasteiger charge is 2.36. The van der Waals surface area contributed by atoms with E-state index in [4.69, 9.17) is 61.9 Å². The zero-order valence-corrected chi connectivity index (χ0v) is 44.0. The molecule has 0 unspecified atom stereocenters. The Morgan fingerprint density at radius 2 is 0.577 bits per heavy atom. The van der Waals surface area contributed by atoms with Gasteiger partial charge in [0.25, 0.3) is 0 Å². The molecular formula is C62H32B14S2. The standard InChI is InChI=1S/C62H32S2.B14/c1-3-25-53-37(15-1)43-19-9-23-47(61(43)63-53)57-41-29-27-36-35(49(41)31-51-39-17-5-11-33-13-7-21-45(55(33)39)59(51)57)28-30-42-50(36)32-52-40-18-6-12-34-14-8-22-46(56(34)40)60(52)58(42)48-24-10-20-44-38-16-2-4-26-54(38)64-62(44)48;1-9(2)13(10(3)4)14(11(5)6)12(7)8/h1-32H;.